The Bertz CT molecular complexity index is 819. The zero-order valence-corrected chi connectivity index (χ0v) is 18.5. The van der Waals surface area contributed by atoms with Gasteiger partial charge in [0.1, 0.15) is 6.61 Å². The van der Waals surface area contributed by atoms with Crippen LogP contribution in [-0.4, -0.2) is 44.1 Å². The Morgan fingerprint density at radius 2 is 1.93 bits per heavy atom. The van der Waals surface area contributed by atoms with Crippen molar-refractivity contribution in [3.63, 3.8) is 0 Å². The SMILES string of the molecule is COc1cc(CNC(=O)CN2CCC(C)(CN)C2)ccc1OCc1ccccc1.Cl. The maximum Gasteiger partial charge on any atom is 0.234 e. The summed E-state index contributed by atoms with van der Waals surface area (Å²) in [5, 5.41) is 2.99. The zero-order valence-electron chi connectivity index (χ0n) is 17.7. The Morgan fingerprint density at radius 3 is 2.60 bits per heavy atom. The summed E-state index contributed by atoms with van der Waals surface area (Å²) in [6.45, 7) is 5.97. The van der Waals surface area contributed by atoms with Gasteiger partial charge < -0.3 is 20.5 Å². The number of likely N-dealkylation sites (tertiary alicyclic amines) is 1. The van der Waals surface area contributed by atoms with Crippen molar-refractivity contribution in [2.24, 2.45) is 11.1 Å². The van der Waals surface area contributed by atoms with Crippen LogP contribution in [0, 0.1) is 5.41 Å². The van der Waals surface area contributed by atoms with Crippen molar-refractivity contribution in [2.75, 3.05) is 33.3 Å². The van der Waals surface area contributed by atoms with Crippen LogP contribution in [0.5, 0.6) is 11.5 Å². The molecule has 1 amide bonds. The molecule has 6 nitrogen and oxygen atoms in total. The fourth-order valence-electron chi connectivity index (χ4n) is 3.56. The molecule has 0 saturated carbocycles. The molecule has 2 aromatic rings. The molecular weight excluding hydrogens is 402 g/mol. The average molecular weight is 434 g/mol. The summed E-state index contributed by atoms with van der Waals surface area (Å²) >= 11 is 0. The third-order valence-electron chi connectivity index (χ3n) is 5.45. The van der Waals surface area contributed by atoms with Gasteiger partial charge in [-0.25, -0.2) is 0 Å². The summed E-state index contributed by atoms with van der Waals surface area (Å²) in [4.78, 5) is 14.5. The van der Waals surface area contributed by atoms with E-state index in [2.05, 4.69) is 17.1 Å². The molecule has 1 saturated heterocycles. The highest BCUT2D eigenvalue weighted by atomic mass is 35.5. The number of amides is 1. The maximum absolute atomic E-state index is 12.3. The van der Waals surface area contributed by atoms with E-state index in [1.807, 2.05) is 48.5 Å². The van der Waals surface area contributed by atoms with Crippen LogP contribution in [0.1, 0.15) is 24.5 Å². The fourth-order valence-corrected chi connectivity index (χ4v) is 3.56. The minimum absolute atomic E-state index is 0. The number of halogens is 1. The Labute approximate surface area is 185 Å². The number of rotatable bonds is 9. The highest BCUT2D eigenvalue weighted by molar-refractivity contribution is 5.85. The molecule has 0 spiro atoms. The zero-order chi connectivity index (χ0) is 20.7. The van der Waals surface area contributed by atoms with Gasteiger partial charge in [-0.3, -0.25) is 9.69 Å². The summed E-state index contributed by atoms with van der Waals surface area (Å²) in [6.07, 6.45) is 1.04. The number of nitrogens with zero attached hydrogens (tertiary/aromatic N) is 1. The van der Waals surface area contributed by atoms with Gasteiger partial charge in [0.05, 0.1) is 13.7 Å². The number of methoxy groups -OCH3 is 1. The largest absolute Gasteiger partial charge is 0.493 e. The van der Waals surface area contributed by atoms with Gasteiger partial charge in [0.15, 0.2) is 11.5 Å². The first kappa shape index (κ1) is 24.0. The molecule has 0 aliphatic carbocycles. The smallest absolute Gasteiger partial charge is 0.234 e. The number of hydrogen-bond acceptors (Lipinski definition) is 5. The van der Waals surface area contributed by atoms with Crippen LogP contribution >= 0.6 is 12.4 Å². The van der Waals surface area contributed by atoms with Crippen molar-refractivity contribution >= 4 is 18.3 Å². The first-order valence-corrected chi connectivity index (χ1v) is 10.0. The van der Waals surface area contributed by atoms with Gasteiger partial charge in [-0.05, 0) is 48.2 Å². The molecule has 1 heterocycles. The highest BCUT2D eigenvalue weighted by Crippen LogP contribution is 2.29. The van der Waals surface area contributed by atoms with Crippen LogP contribution in [0.25, 0.3) is 0 Å². The molecule has 1 aliphatic heterocycles. The van der Waals surface area contributed by atoms with Gasteiger partial charge in [0, 0.05) is 13.1 Å². The summed E-state index contributed by atoms with van der Waals surface area (Å²) in [5.74, 6) is 1.37. The van der Waals surface area contributed by atoms with Crippen LogP contribution in [0.4, 0.5) is 0 Å². The van der Waals surface area contributed by atoms with Gasteiger partial charge >= 0.3 is 0 Å². The van der Waals surface area contributed by atoms with E-state index in [1.54, 1.807) is 7.11 Å². The molecule has 0 radical (unpaired) electrons. The van der Waals surface area contributed by atoms with Crippen molar-refractivity contribution in [1.82, 2.24) is 10.2 Å². The van der Waals surface area contributed by atoms with E-state index >= 15 is 0 Å². The number of nitrogens with two attached hydrogens (primary N) is 1. The summed E-state index contributed by atoms with van der Waals surface area (Å²) < 4.78 is 11.4. The first-order chi connectivity index (χ1) is 14.0. The maximum atomic E-state index is 12.3. The Balaban J connectivity index is 0.00000320. The van der Waals surface area contributed by atoms with E-state index in [4.69, 9.17) is 15.2 Å². The standard InChI is InChI=1S/C23H31N3O3.ClH/c1-23(16-24)10-11-26(17-23)14-22(27)25-13-19-8-9-20(21(12-19)28-2)29-15-18-6-4-3-5-7-18;/h3-9,12H,10-11,13-17,24H2,1-2H3,(H,25,27);1H. The predicted molar refractivity (Wildman–Crippen MR) is 121 cm³/mol. The van der Waals surface area contributed by atoms with E-state index in [9.17, 15) is 4.79 Å². The average Bonchev–Trinajstić information content (AvgIpc) is 3.12. The van der Waals surface area contributed by atoms with E-state index < -0.39 is 0 Å². The molecule has 1 atom stereocenters. The van der Waals surface area contributed by atoms with Crippen LogP contribution < -0.4 is 20.5 Å². The Morgan fingerprint density at radius 1 is 1.17 bits per heavy atom. The fraction of sp³-hybridized carbons (Fsp3) is 0.435. The van der Waals surface area contributed by atoms with E-state index in [0.717, 1.165) is 30.6 Å². The third kappa shape index (κ3) is 6.62. The van der Waals surface area contributed by atoms with E-state index in [0.29, 0.717) is 37.7 Å². The summed E-state index contributed by atoms with van der Waals surface area (Å²) in [7, 11) is 1.62. The van der Waals surface area contributed by atoms with Gasteiger partial charge in [-0.15, -0.1) is 12.4 Å². The highest BCUT2D eigenvalue weighted by Gasteiger charge is 2.32. The summed E-state index contributed by atoms with van der Waals surface area (Å²) in [5.41, 5.74) is 8.03. The molecule has 0 bridgehead atoms. The second kappa shape index (κ2) is 11.2. The lowest BCUT2D eigenvalue weighted by Gasteiger charge is -2.22. The normalized spacial score (nSPS) is 18.5. The van der Waals surface area contributed by atoms with E-state index in [1.165, 1.54) is 0 Å². The number of hydrogen-bond donors (Lipinski definition) is 2. The lowest BCUT2D eigenvalue weighted by Crippen LogP contribution is -2.38. The quantitative estimate of drug-likeness (QED) is 0.635. The lowest BCUT2D eigenvalue weighted by molar-refractivity contribution is -0.122. The van der Waals surface area contributed by atoms with Crippen molar-refractivity contribution in [3.8, 4) is 11.5 Å². The second-order valence-corrected chi connectivity index (χ2v) is 8.01. The number of carbonyl (C=O) groups excluding carboxylic acids is 1. The molecular formula is C23H32ClN3O3. The predicted octanol–water partition coefficient (Wildman–Crippen LogP) is 2.98. The molecule has 7 heteroatoms. The van der Waals surface area contributed by atoms with Crippen molar-refractivity contribution in [3.05, 3.63) is 59.7 Å². The minimum atomic E-state index is 0. The van der Waals surface area contributed by atoms with Gasteiger partial charge in [0.25, 0.3) is 0 Å². The Hall–Kier alpha value is -2.28. The molecule has 1 aliphatic rings. The second-order valence-electron chi connectivity index (χ2n) is 8.01. The molecule has 2 aromatic carbocycles. The minimum Gasteiger partial charge on any atom is -0.493 e. The molecule has 3 rings (SSSR count). The topological polar surface area (TPSA) is 76.8 Å². The molecule has 1 fully saturated rings. The van der Waals surface area contributed by atoms with Crippen LogP contribution in [0.3, 0.4) is 0 Å². The van der Waals surface area contributed by atoms with Gasteiger partial charge in [-0.1, -0.05) is 43.3 Å². The molecule has 164 valence electrons. The van der Waals surface area contributed by atoms with Crippen LogP contribution in [0.2, 0.25) is 0 Å². The third-order valence-corrected chi connectivity index (χ3v) is 5.45. The lowest BCUT2D eigenvalue weighted by atomic mass is 9.90. The van der Waals surface area contributed by atoms with Crippen molar-refractivity contribution < 1.29 is 14.3 Å². The van der Waals surface area contributed by atoms with E-state index in [-0.39, 0.29) is 23.7 Å². The van der Waals surface area contributed by atoms with Crippen molar-refractivity contribution in [1.29, 1.82) is 0 Å². The monoisotopic (exact) mass is 433 g/mol. The molecule has 3 N–H and O–H groups in total. The molecule has 0 aromatic heterocycles. The van der Waals surface area contributed by atoms with Crippen LogP contribution in [-0.2, 0) is 17.9 Å². The molecule has 30 heavy (non-hydrogen) atoms. The summed E-state index contributed by atoms with van der Waals surface area (Å²) in [6, 6.07) is 15.7. The first-order valence-electron chi connectivity index (χ1n) is 10.0. The van der Waals surface area contributed by atoms with Crippen molar-refractivity contribution in [2.45, 2.75) is 26.5 Å². The number of benzene rings is 2. The Kier molecular flexibility index (Phi) is 8.96. The number of nitrogens with one attached hydrogen (secondary N) is 1. The number of ether oxygens (including phenoxy) is 2. The van der Waals surface area contributed by atoms with Crippen LogP contribution in [0.15, 0.2) is 48.5 Å². The number of carbonyl (C=O) groups is 1. The molecule has 1 unspecified atom stereocenters. The van der Waals surface area contributed by atoms with Gasteiger partial charge in [0.2, 0.25) is 5.91 Å². The van der Waals surface area contributed by atoms with Gasteiger partial charge in [-0.2, -0.15) is 0 Å².